The van der Waals surface area contributed by atoms with E-state index in [1.807, 2.05) is 0 Å². The highest BCUT2D eigenvalue weighted by atomic mass is 32.1. The largest absolute Gasteiger partial charge is 0.372 e. The molecule has 2 aromatic rings. The molecule has 1 aliphatic heterocycles. The van der Waals surface area contributed by atoms with Gasteiger partial charge in [0.1, 0.15) is 0 Å². The monoisotopic (exact) mass is 367 g/mol. The SMILES string of the molecule is Cc1cc(C)cc(NC(=S)N[C@H](C)c2ccc(N3CCCCC3)cc2)c1. The zero-order valence-corrected chi connectivity index (χ0v) is 16.8. The minimum absolute atomic E-state index is 0.163. The summed E-state index contributed by atoms with van der Waals surface area (Å²) in [4.78, 5) is 2.48. The van der Waals surface area contributed by atoms with Crippen molar-refractivity contribution in [3.63, 3.8) is 0 Å². The molecule has 0 unspecified atom stereocenters. The molecule has 1 saturated heterocycles. The zero-order chi connectivity index (χ0) is 18.5. The van der Waals surface area contributed by atoms with Gasteiger partial charge in [0.2, 0.25) is 0 Å². The van der Waals surface area contributed by atoms with Gasteiger partial charge in [-0.2, -0.15) is 0 Å². The second kappa shape index (κ2) is 8.54. The van der Waals surface area contributed by atoms with Gasteiger partial charge in [0.05, 0.1) is 6.04 Å². The van der Waals surface area contributed by atoms with Gasteiger partial charge < -0.3 is 15.5 Å². The average Bonchev–Trinajstić information content (AvgIpc) is 2.61. The fourth-order valence-corrected chi connectivity index (χ4v) is 3.91. The van der Waals surface area contributed by atoms with Gasteiger partial charge in [-0.1, -0.05) is 18.2 Å². The third kappa shape index (κ3) is 4.98. The second-order valence-electron chi connectivity index (χ2n) is 7.34. The van der Waals surface area contributed by atoms with Gasteiger partial charge in [0, 0.05) is 24.5 Å². The highest BCUT2D eigenvalue weighted by Gasteiger charge is 2.12. The van der Waals surface area contributed by atoms with E-state index in [1.54, 1.807) is 0 Å². The van der Waals surface area contributed by atoms with Crippen molar-refractivity contribution in [2.75, 3.05) is 23.3 Å². The number of piperidine rings is 1. The van der Waals surface area contributed by atoms with E-state index in [9.17, 15) is 0 Å². The molecule has 3 nitrogen and oxygen atoms in total. The molecule has 2 aromatic carbocycles. The van der Waals surface area contributed by atoms with Crippen LogP contribution in [0.3, 0.4) is 0 Å². The first kappa shape index (κ1) is 18.7. The van der Waals surface area contributed by atoms with E-state index in [0.717, 1.165) is 5.69 Å². The van der Waals surface area contributed by atoms with Crippen LogP contribution in [0.4, 0.5) is 11.4 Å². The van der Waals surface area contributed by atoms with Crippen LogP contribution >= 0.6 is 12.2 Å². The molecule has 0 aliphatic carbocycles. The van der Waals surface area contributed by atoms with E-state index in [1.165, 1.54) is 54.7 Å². The first-order chi connectivity index (χ1) is 12.5. The first-order valence-corrected chi connectivity index (χ1v) is 9.93. The maximum Gasteiger partial charge on any atom is 0.171 e. The fraction of sp³-hybridized carbons (Fsp3) is 0.409. The predicted molar refractivity (Wildman–Crippen MR) is 116 cm³/mol. The van der Waals surface area contributed by atoms with Crippen LogP contribution in [0.5, 0.6) is 0 Å². The number of aryl methyl sites for hydroxylation is 2. The van der Waals surface area contributed by atoms with Crippen molar-refractivity contribution in [1.29, 1.82) is 0 Å². The van der Waals surface area contributed by atoms with Crippen molar-refractivity contribution >= 4 is 28.7 Å². The summed E-state index contributed by atoms with van der Waals surface area (Å²) in [6.45, 7) is 8.70. The number of hydrogen-bond acceptors (Lipinski definition) is 2. The van der Waals surface area contributed by atoms with E-state index in [0.29, 0.717) is 5.11 Å². The molecule has 1 aliphatic rings. The van der Waals surface area contributed by atoms with Crippen molar-refractivity contribution < 1.29 is 0 Å². The second-order valence-corrected chi connectivity index (χ2v) is 7.74. The normalized spacial score (nSPS) is 15.4. The maximum absolute atomic E-state index is 5.50. The Morgan fingerprint density at radius 2 is 1.58 bits per heavy atom. The zero-order valence-electron chi connectivity index (χ0n) is 16.0. The summed E-state index contributed by atoms with van der Waals surface area (Å²) >= 11 is 5.50. The molecule has 138 valence electrons. The lowest BCUT2D eigenvalue weighted by Gasteiger charge is -2.29. The van der Waals surface area contributed by atoms with Crippen LogP contribution in [-0.4, -0.2) is 18.2 Å². The fourth-order valence-electron chi connectivity index (χ4n) is 3.62. The number of benzene rings is 2. The van der Waals surface area contributed by atoms with Gasteiger partial charge in [-0.25, -0.2) is 0 Å². The summed E-state index contributed by atoms with van der Waals surface area (Å²) in [5.74, 6) is 0. The maximum atomic E-state index is 5.50. The average molecular weight is 368 g/mol. The molecule has 1 fully saturated rings. The van der Waals surface area contributed by atoms with Crippen molar-refractivity contribution in [3.8, 4) is 0 Å². The molecule has 0 radical (unpaired) electrons. The first-order valence-electron chi connectivity index (χ1n) is 9.52. The Hall–Kier alpha value is -2.07. The Kier molecular flexibility index (Phi) is 6.15. The lowest BCUT2D eigenvalue weighted by molar-refractivity contribution is 0.577. The van der Waals surface area contributed by atoms with E-state index >= 15 is 0 Å². The Morgan fingerprint density at radius 3 is 2.19 bits per heavy atom. The van der Waals surface area contributed by atoms with Crippen molar-refractivity contribution in [1.82, 2.24) is 5.32 Å². The summed E-state index contributed by atoms with van der Waals surface area (Å²) in [6, 6.07) is 15.4. The standard InChI is InChI=1S/C22H29N3S/c1-16-13-17(2)15-20(14-16)24-22(26)23-18(3)19-7-9-21(10-8-19)25-11-5-4-6-12-25/h7-10,13-15,18H,4-6,11-12H2,1-3H3,(H2,23,24,26)/t18-/m1/s1. The van der Waals surface area contributed by atoms with Crippen molar-refractivity contribution in [2.24, 2.45) is 0 Å². The molecule has 0 amide bonds. The van der Waals surface area contributed by atoms with E-state index in [2.05, 4.69) is 78.8 Å². The Balaban J connectivity index is 1.58. The van der Waals surface area contributed by atoms with Gasteiger partial charge in [-0.3, -0.25) is 0 Å². The quantitative estimate of drug-likeness (QED) is 0.713. The van der Waals surface area contributed by atoms with Crippen LogP contribution < -0.4 is 15.5 Å². The number of anilines is 2. The van der Waals surface area contributed by atoms with E-state index in [-0.39, 0.29) is 6.04 Å². The molecule has 2 N–H and O–H groups in total. The Bertz CT molecular complexity index is 728. The molecule has 1 atom stereocenters. The van der Waals surface area contributed by atoms with Gasteiger partial charge in [0.15, 0.2) is 5.11 Å². The van der Waals surface area contributed by atoms with E-state index < -0.39 is 0 Å². The third-order valence-corrected chi connectivity index (χ3v) is 5.16. The summed E-state index contributed by atoms with van der Waals surface area (Å²) in [5.41, 5.74) is 6.08. The molecule has 0 spiro atoms. The van der Waals surface area contributed by atoms with Crippen LogP contribution in [-0.2, 0) is 0 Å². The minimum atomic E-state index is 0.163. The van der Waals surface area contributed by atoms with Gasteiger partial charge >= 0.3 is 0 Å². The minimum Gasteiger partial charge on any atom is -0.372 e. The molecule has 0 saturated carbocycles. The van der Waals surface area contributed by atoms with Gasteiger partial charge in [0.25, 0.3) is 0 Å². The third-order valence-electron chi connectivity index (χ3n) is 4.94. The molecular formula is C22H29N3S. The number of thiocarbonyl (C=S) groups is 1. The molecule has 0 aromatic heterocycles. The molecule has 3 rings (SSSR count). The van der Waals surface area contributed by atoms with Crippen LogP contribution in [0.25, 0.3) is 0 Å². The summed E-state index contributed by atoms with van der Waals surface area (Å²) < 4.78 is 0. The predicted octanol–water partition coefficient (Wildman–Crippen LogP) is 5.34. The summed E-state index contributed by atoms with van der Waals surface area (Å²) in [5, 5.41) is 7.34. The number of nitrogens with zero attached hydrogens (tertiary/aromatic N) is 1. The molecule has 26 heavy (non-hydrogen) atoms. The number of nitrogens with one attached hydrogen (secondary N) is 2. The van der Waals surface area contributed by atoms with Crippen LogP contribution in [0.15, 0.2) is 42.5 Å². The lowest BCUT2D eigenvalue weighted by Crippen LogP contribution is -2.31. The molecule has 0 bridgehead atoms. The smallest absolute Gasteiger partial charge is 0.171 e. The molecule has 1 heterocycles. The lowest BCUT2D eigenvalue weighted by atomic mass is 10.1. The van der Waals surface area contributed by atoms with Crippen LogP contribution in [0.2, 0.25) is 0 Å². The summed E-state index contributed by atoms with van der Waals surface area (Å²) in [7, 11) is 0. The topological polar surface area (TPSA) is 27.3 Å². The summed E-state index contributed by atoms with van der Waals surface area (Å²) in [6.07, 6.45) is 3.97. The number of rotatable bonds is 4. The van der Waals surface area contributed by atoms with Crippen molar-refractivity contribution in [2.45, 2.75) is 46.1 Å². The van der Waals surface area contributed by atoms with Crippen LogP contribution in [0.1, 0.15) is 48.9 Å². The van der Waals surface area contributed by atoms with Gasteiger partial charge in [-0.05, 0) is 93.2 Å². The van der Waals surface area contributed by atoms with E-state index in [4.69, 9.17) is 12.2 Å². The number of hydrogen-bond donors (Lipinski definition) is 2. The van der Waals surface area contributed by atoms with Gasteiger partial charge in [-0.15, -0.1) is 0 Å². The Morgan fingerprint density at radius 1 is 0.962 bits per heavy atom. The molecular weight excluding hydrogens is 338 g/mol. The molecule has 4 heteroatoms. The highest BCUT2D eigenvalue weighted by molar-refractivity contribution is 7.80. The Labute approximate surface area is 162 Å². The highest BCUT2D eigenvalue weighted by Crippen LogP contribution is 2.22. The van der Waals surface area contributed by atoms with Crippen LogP contribution in [0, 0.1) is 13.8 Å². The van der Waals surface area contributed by atoms with Crippen molar-refractivity contribution in [3.05, 3.63) is 59.2 Å².